The summed E-state index contributed by atoms with van der Waals surface area (Å²) in [6.45, 7) is 0.709. The highest BCUT2D eigenvalue weighted by molar-refractivity contribution is 9.10. The number of nitriles is 1. The molecule has 0 aliphatic rings. The number of thiocarbonyl (C=S) groups is 1. The molecule has 5 nitrogen and oxygen atoms in total. The summed E-state index contributed by atoms with van der Waals surface area (Å²) in [5, 5.41) is 16.2. The average molecular weight is 416 g/mol. The zero-order valence-corrected chi connectivity index (χ0v) is 16.1. The van der Waals surface area contributed by atoms with E-state index in [2.05, 4.69) is 37.8 Å². The first-order chi connectivity index (χ1) is 12.1. The van der Waals surface area contributed by atoms with Gasteiger partial charge in [-0.15, -0.1) is 0 Å². The molecule has 0 aliphatic carbocycles. The van der Waals surface area contributed by atoms with E-state index < -0.39 is 0 Å². The Morgan fingerprint density at radius 3 is 2.76 bits per heavy atom. The van der Waals surface area contributed by atoms with Crippen molar-refractivity contribution in [1.82, 2.24) is 5.43 Å². The van der Waals surface area contributed by atoms with E-state index in [0.717, 1.165) is 21.4 Å². The van der Waals surface area contributed by atoms with Crippen LogP contribution in [0.5, 0.6) is 0 Å². The Bertz CT molecular complexity index is 783. The average Bonchev–Trinajstić information content (AvgIpc) is 2.60. The number of benzene rings is 2. The smallest absolute Gasteiger partial charge is 0.191 e. The number of rotatable bonds is 6. The van der Waals surface area contributed by atoms with Gasteiger partial charge in [0.2, 0.25) is 0 Å². The minimum Gasteiger partial charge on any atom is -0.374 e. The third-order valence-electron chi connectivity index (χ3n) is 3.36. The maximum Gasteiger partial charge on any atom is 0.191 e. The lowest BCUT2D eigenvalue weighted by Gasteiger charge is -2.17. The molecule has 0 unspecified atom stereocenters. The molecule has 0 saturated heterocycles. The predicted molar refractivity (Wildman–Crippen MR) is 111 cm³/mol. The number of anilines is 2. The molecule has 0 radical (unpaired) electrons. The van der Waals surface area contributed by atoms with Crippen molar-refractivity contribution in [3.8, 4) is 6.07 Å². The number of hydrogen-bond acceptors (Lipinski definition) is 4. The van der Waals surface area contributed by atoms with E-state index in [0.29, 0.717) is 18.1 Å². The summed E-state index contributed by atoms with van der Waals surface area (Å²) in [7, 11) is 1.97. The van der Waals surface area contributed by atoms with E-state index in [1.165, 1.54) is 0 Å². The molecule has 0 atom stereocenters. The molecule has 0 heterocycles. The van der Waals surface area contributed by atoms with Crippen LogP contribution in [0.3, 0.4) is 0 Å². The van der Waals surface area contributed by atoms with Gasteiger partial charge in [0.15, 0.2) is 5.11 Å². The Balaban J connectivity index is 1.85. The first-order valence-corrected chi connectivity index (χ1v) is 8.82. The van der Waals surface area contributed by atoms with Gasteiger partial charge < -0.3 is 10.2 Å². The molecule has 0 spiro atoms. The fourth-order valence-corrected chi connectivity index (χ4v) is 2.62. The molecule has 0 amide bonds. The van der Waals surface area contributed by atoms with Gasteiger partial charge >= 0.3 is 0 Å². The van der Waals surface area contributed by atoms with Crippen molar-refractivity contribution in [2.45, 2.75) is 6.42 Å². The second-order valence-electron chi connectivity index (χ2n) is 5.26. The highest BCUT2D eigenvalue weighted by Crippen LogP contribution is 2.15. The lowest BCUT2D eigenvalue weighted by molar-refractivity contribution is 0.905. The van der Waals surface area contributed by atoms with E-state index in [9.17, 15) is 0 Å². The van der Waals surface area contributed by atoms with Crippen LogP contribution in [0.1, 0.15) is 12.0 Å². The van der Waals surface area contributed by atoms with Gasteiger partial charge in [-0.3, -0.25) is 5.43 Å². The molecule has 0 aliphatic heterocycles. The van der Waals surface area contributed by atoms with Gasteiger partial charge in [-0.2, -0.15) is 10.4 Å². The maximum absolute atomic E-state index is 8.64. The van der Waals surface area contributed by atoms with Crippen molar-refractivity contribution in [2.24, 2.45) is 5.10 Å². The fraction of sp³-hybridized carbons (Fsp3) is 0.167. The summed E-state index contributed by atoms with van der Waals surface area (Å²) in [5.41, 5.74) is 5.69. The molecule has 0 saturated carbocycles. The highest BCUT2D eigenvalue weighted by Gasteiger charge is 2.00. The van der Waals surface area contributed by atoms with E-state index in [1.807, 2.05) is 60.5 Å². The molecule has 0 fully saturated rings. The Kier molecular flexibility index (Phi) is 7.38. The molecular formula is C18H18BrN5S. The van der Waals surface area contributed by atoms with Crippen LogP contribution in [0.2, 0.25) is 0 Å². The molecule has 2 N–H and O–H groups in total. The number of hydrogen-bond donors (Lipinski definition) is 2. The van der Waals surface area contributed by atoms with Crippen molar-refractivity contribution in [3.05, 3.63) is 58.6 Å². The molecular weight excluding hydrogens is 398 g/mol. The summed E-state index contributed by atoms with van der Waals surface area (Å²) < 4.78 is 0.976. The quantitative estimate of drug-likeness (QED) is 0.422. The zero-order chi connectivity index (χ0) is 18.1. The summed E-state index contributed by atoms with van der Waals surface area (Å²) in [4.78, 5) is 2.04. The minimum atomic E-state index is 0.419. The van der Waals surface area contributed by atoms with Gasteiger partial charge in [0, 0.05) is 29.4 Å². The standard InChI is InChI=1S/C18H18BrN5S/c1-24(11-3-10-20)17-8-6-14(7-9-17)13-21-23-18(25)22-16-5-2-4-15(19)12-16/h2,4-9,12-13H,3,11H2,1H3,(H2,22,23,25)/b21-13-. The van der Waals surface area contributed by atoms with Crippen molar-refractivity contribution < 1.29 is 0 Å². The van der Waals surface area contributed by atoms with Crippen LogP contribution in [0.4, 0.5) is 11.4 Å². The van der Waals surface area contributed by atoms with Crippen LogP contribution < -0.4 is 15.6 Å². The molecule has 2 aromatic rings. The van der Waals surface area contributed by atoms with Gasteiger partial charge in [0.1, 0.15) is 0 Å². The van der Waals surface area contributed by atoms with Crippen LogP contribution in [0, 0.1) is 11.3 Å². The number of nitrogens with one attached hydrogen (secondary N) is 2. The van der Waals surface area contributed by atoms with Crippen molar-refractivity contribution >= 4 is 50.8 Å². The van der Waals surface area contributed by atoms with Gasteiger partial charge in [0.25, 0.3) is 0 Å². The molecule has 128 valence electrons. The topological polar surface area (TPSA) is 63.5 Å². The second-order valence-corrected chi connectivity index (χ2v) is 6.58. The number of nitrogens with zero attached hydrogens (tertiary/aromatic N) is 3. The van der Waals surface area contributed by atoms with Gasteiger partial charge in [0.05, 0.1) is 18.7 Å². The van der Waals surface area contributed by atoms with Crippen LogP contribution in [-0.4, -0.2) is 24.9 Å². The fourth-order valence-electron chi connectivity index (χ4n) is 2.05. The molecule has 2 rings (SSSR count). The van der Waals surface area contributed by atoms with E-state index in [1.54, 1.807) is 6.21 Å². The molecule has 0 bridgehead atoms. The summed E-state index contributed by atoms with van der Waals surface area (Å²) in [6.07, 6.45) is 2.21. The summed E-state index contributed by atoms with van der Waals surface area (Å²) in [6, 6.07) is 17.8. The lowest BCUT2D eigenvalue weighted by Crippen LogP contribution is -2.23. The largest absolute Gasteiger partial charge is 0.374 e. The predicted octanol–water partition coefficient (Wildman–Crippen LogP) is 4.12. The number of hydrazone groups is 1. The van der Waals surface area contributed by atoms with Crippen LogP contribution >= 0.6 is 28.1 Å². The minimum absolute atomic E-state index is 0.419. The second kappa shape index (κ2) is 9.77. The Hall–Kier alpha value is -2.43. The Morgan fingerprint density at radius 2 is 2.08 bits per heavy atom. The highest BCUT2D eigenvalue weighted by atomic mass is 79.9. The Morgan fingerprint density at radius 1 is 1.32 bits per heavy atom. The summed E-state index contributed by atoms with van der Waals surface area (Å²) >= 11 is 8.62. The first kappa shape index (κ1) is 18.9. The van der Waals surface area contributed by atoms with Gasteiger partial charge in [-0.05, 0) is 48.1 Å². The van der Waals surface area contributed by atoms with E-state index >= 15 is 0 Å². The Labute approximate surface area is 161 Å². The SMILES string of the molecule is CN(CCC#N)c1ccc(/C=N\NC(=S)Nc2cccc(Br)c2)cc1. The monoisotopic (exact) mass is 415 g/mol. The van der Waals surface area contributed by atoms with Crippen molar-refractivity contribution in [3.63, 3.8) is 0 Å². The van der Waals surface area contributed by atoms with Crippen LogP contribution in [0.25, 0.3) is 0 Å². The number of halogens is 1. The van der Waals surface area contributed by atoms with Crippen LogP contribution in [0.15, 0.2) is 58.1 Å². The van der Waals surface area contributed by atoms with Crippen LogP contribution in [-0.2, 0) is 0 Å². The van der Waals surface area contributed by atoms with Gasteiger partial charge in [-0.1, -0.05) is 34.1 Å². The molecule has 2 aromatic carbocycles. The first-order valence-electron chi connectivity index (χ1n) is 7.62. The summed E-state index contributed by atoms with van der Waals surface area (Å²) in [5.74, 6) is 0. The lowest BCUT2D eigenvalue weighted by atomic mass is 10.2. The zero-order valence-electron chi connectivity index (χ0n) is 13.7. The van der Waals surface area contributed by atoms with Gasteiger partial charge in [-0.25, -0.2) is 0 Å². The van der Waals surface area contributed by atoms with Crippen molar-refractivity contribution in [2.75, 3.05) is 23.8 Å². The van der Waals surface area contributed by atoms with E-state index in [4.69, 9.17) is 17.5 Å². The maximum atomic E-state index is 8.64. The molecule has 0 aromatic heterocycles. The third-order valence-corrected chi connectivity index (χ3v) is 4.04. The molecule has 7 heteroatoms. The third kappa shape index (κ3) is 6.53. The van der Waals surface area contributed by atoms with Crippen molar-refractivity contribution in [1.29, 1.82) is 5.26 Å². The normalized spacial score (nSPS) is 10.3. The van der Waals surface area contributed by atoms with E-state index in [-0.39, 0.29) is 0 Å². The molecule has 25 heavy (non-hydrogen) atoms.